The summed E-state index contributed by atoms with van der Waals surface area (Å²) in [6, 6.07) is 4.87. The molecule has 1 heterocycles. The number of hydrogen-bond donors (Lipinski definition) is 0. The molecule has 2 rings (SSSR count). The number of carbonyl (C=O) groups is 1. The molecule has 19 heavy (non-hydrogen) atoms. The largest absolute Gasteiger partial charge is 0.450 e. The first-order chi connectivity index (χ1) is 8.82. The van der Waals surface area contributed by atoms with Crippen LogP contribution in [0.3, 0.4) is 0 Å². The van der Waals surface area contributed by atoms with Gasteiger partial charge in [0.25, 0.3) is 0 Å². The molecule has 0 spiro atoms. The first-order valence-electron chi connectivity index (χ1n) is 5.57. The minimum absolute atomic E-state index is 0.0992. The van der Waals surface area contributed by atoms with Gasteiger partial charge in [0.15, 0.2) is 0 Å². The first kappa shape index (κ1) is 13.9. The Morgan fingerprint density at radius 2 is 2.11 bits per heavy atom. The predicted molar refractivity (Wildman–Crippen MR) is 65.2 cm³/mol. The number of imidazole rings is 1. The van der Waals surface area contributed by atoms with Crippen molar-refractivity contribution in [2.75, 3.05) is 0 Å². The van der Waals surface area contributed by atoms with Gasteiger partial charge in [0.1, 0.15) is 5.82 Å². The summed E-state index contributed by atoms with van der Waals surface area (Å²) in [6.07, 6.45) is -5.60. The van der Waals surface area contributed by atoms with Crippen LogP contribution in [0, 0.1) is 0 Å². The van der Waals surface area contributed by atoms with Crippen LogP contribution in [0.25, 0.3) is 11.0 Å². The van der Waals surface area contributed by atoms with E-state index in [9.17, 15) is 18.0 Å². The van der Waals surface area contributed by atoms with E-state index in [0.717, 1.165) is 0 Å². The fourth-order valence-electron chi connectivity index (χ4n) is 1.88. The van der Waals surface area contributed by atoms with Crippen LogP contribution in [-0.2, 0) is 17.8 Å². The maximum Gasteiger partial charge on any atom is 0.450 e. The number of aryl methyl sites for hydroxylation is 1. The van der Waals surface area contributed by atoms with Gasteiger partial charge in [0.05, 0.1) is 17.5 Å². The molecule has 0 fully saturated rings. The van der Waals surface area contributed by atoms with Crippen molar-refractivity contribution in [3.63, 3.8) is 0 Å². The lowest BCUT2D eigenvalue weighted by Crippen LogP contribution is -2.26. The zero-order valence-corrected chi connectivity index (χ0v) is 10.7. The monoisotopic (exact) mass is 290 g/mol. The fraction of sp³-hybridized carbons (Fsp3) is 0.333. The van der Waals surface area contributed by atoms with Crippen LogP contribution in [-0.4, -0.2) is 21.5 Å². The van der Waals surface area contributed by atoms with Gasteiger partial charge in [-0.25, -0.2) is 4.98 Å². The molecule has 0 unspecified atom stereocenters. The summed E-state index contributed by atoms with van der Waals surface area (Å²) >= 11 is 5.81. The van der Waals surface area contributed by atoms with E-state index in [1.54, 1.807) is 29.7 Å². The normalized spacial score (nSPS) is 12.1. The summed E-state index contributed by atoms with van der Waals surface area (Å²) in [6.45, 7) is 2.20. The highest BCUT2D eigenvalue weighted by Gasteiger charge is 2.38. The van der Waals surface area contributed by atoms with Gasteiger partial charge >= 0.3 is 6.18 Å². The maximum atomic E-state index is 12.3. The molecule has 102 valence electrons. The standard InChI is InChI=1S/C12H10ClF3N2O/c1-2-18-9-4-3-7(13)5-8(9)17-11(18)6-10(19)12(14,15)16/h3-5H,2,6H2,1H3. The Kier molecular flexibility index (Phi) is 3.54. The molecule has 3 nitrogen and oxygen atoms in total. The molecule has 0 bridgehead atoms. The van der Waals surface area contributed by atoms with Gasteiger partial charge in [0, 0.05) is 11.6 Å². The number of hydrogen-bond acceptors (Lipinski definition) is 2. The van der Waals surface area contributed by atoms with Gasteiger partial charge in [-0.05, 0) is 25.1 Å². The summed E-state index contributed by atoms with van der Waals surface area (Å²) in [5.74, 6) is -1.70. The summed E-state index contributed by atoms with van der Waals surface area (Å²) in [4.78, 5) is 15.1. The lowest BCUT2D eigenvalue weighted by Gasteiger charge is -2.07. The lowest BCUT2D eigenvalue weighted by atomic mass is 10.2. The molecule has 2 aromatic rings. The van der Waals surface area contributed by atoms with E-state index in [1.807, 2.05) is 0 Å². The van der Waals surface area contributed by atoms with Gasteiger partial charge in [-0.15, -0.1) is 0 Å². The van der Waals surface area contributed by atoms with E-state index in [0.29, 0.717) is 22.6 Å². The maximum absolute atomic E-state index is 12.3. The molecule has 1 aromatic carbocycles. The van der Waals surface area contributed by atoms with Gasteiger partial charge < -0.3 is 4.57 Å². The number of carbonyl (C=O) groups excluding carboxylic acids is 1. The SMILES string of the molecule is CCn1c(CC(=O)C(F)(F)F)nc2cc(Cl)ccc21. The second-order valence-electron chi connectivity index (χ2n) is 4.00. The number of benzene rings is 1. The van der Waals surface area contributed by atoms with Crippen LogP contribution in [0.2, 0.25) is 5.02 Å². The number of halogens is 4. The highest BCUT2D eigenvalue weighted by Crippen LogP contribution is 2.23. The van der Waals surface area contributed by atoms with E-state index in [-0.39, 0.29) is 5.82 Å². The highest BCUT2D eigenvalue weighted by molar-refractivity contribution is 6.31. The van der Waals surface area contributed by atoms with Crippen LogP contribution < -0.4 is 0 Å². The molecule has 0 aliphatic heterocycles. The zero-order chi connectivity index (χ0) is 14.2. The molecule has 0 saturated heterocycles. The van der Waals surface area contributed by atoms with Gasteiger partial charge in [-0.1, -0.05) is 11.6 Å². The third kappa shape index (κ3) is 2.73. The quantitative estimate of drug-likeness (QED) is 0.868. The van der Waals surface area contributed by atoms with E-state index in [4.69, 9.17) is 11.6 Å². The van der Waals surface area contributed by atoms with E-state index in [2.05, 4.69) is 4.98 Å². The molecule has 0 N–H and O–H groups in total. The molecule has 0 aliphatic rings. The number of rotatable bonds is 3. The highest BCUT2D eigenvalue weighted by atomic mass is 35.5. The summed E-state index contributed by atoms with van der Waals surface area (Å²) in [7, 11) is 0. The number of Topliss-reactive ketones (excluding diaryl/α,β-unsaturated/α-hetero) is 1. The third-order valence-electron chi connectivity index (χ3n) is 2.74. The average molecular weight is 291 g/mol. The molecule has 0 radical (unpaired) electrons. The minimum Gasteiger partial charge on any atom is -0.328 e. The van der Waals surface area contributed by atoms with Crippen LogP contribution in [0.15, 0.2) is 18.2 Å². The Bertz CT molecular complexity index is 634. The predicted octanol–water partition coefficient (Wildman–Crippen LogP) is 3.38. The summed E-state index contributed by atoms with van der Waals surface area (Å²) < 4.78 is 38.4. The van der Waals surface area contributed by atoms with E-state index in [1.165, 1.54) is 0 Å². The van der Waals surface area contributed by atoms with Crippen molar-refractivity contribution >= 4 is 28.4 Å². The number of fused-ring (bicyclic) bond motifs is 1. The van der Waals surface area contributed by atoms with E-state index >= 15 is 0 Å². The Morgan fingerprint density at radius 1 is 1.42 bits per heavy atom. The second kappa shape index (κ2) is 4.85. The molecule has 0 saturated carbocycles. The van der Waals surface area contributed by atoms with Crippen molar-refractivity contribution in [2.24, 2.45) is 0 Å². The fourth-order valence-corrected chi connectivity index (χ4v) is 2.05. The summed E-state index contributed by atoms with van der Waals surface area (Å²) in [5.41, 5.74) is 1.15. The number of alkyl halides is 3. The molecule has 0 aliphatic carbocycles. The molecule has 0 atom stereocenters. The average Bonchev–Trinajstić information content (AvgIpc) is 2.63. The van der Waals surface area contributed by atoms with Gasteiger partial charge in [0.2, 0.25) is 5.78 Å². The summed E-state index contributed by atoms with van der Waals surface area (Å²) in [5, 5.41) is 0.446. The zero-order valence-electron chi connectivity index (χ0n) is 9.96. The minimum atomic E-state index is -4.84. The van der Waals surface area contributed by atoms with Crippen molar-refractivity contribution in [3.8, 4) is 0 Å². The van der Waals surface area contributed by atoms with Crippen LogP contribution in [0.1, 0.15) is 12.7 Å². The Hall–Kier alpha value is -1.56. The molecule has 0 amide bonds. The number of nitrogens with zero attached hydrogens (tertiary/aromatic N) is 2. The van der Waals surface area contributed by atoms with Crippen molar-refractivity contribution in [2.45, 2.75) is 26.1 Å². The Balaban J connectivity index is 2.46. The van der Waals surface area contributed by atoms with Crippen molar-refractivity contribution < 1.29 is 18.0 Å². The first-order valence-corrected chi connectivity index (χ1v) is 5.95. The molecular weight excluding hydrogens is 281 g/mol. The van der Waals surface area contributed by atoms with Crippen LogP contribution in [0.5, 0.6) is 0 Å². The van der Waals surface area contributed by atoms with Crippen LogP contribution in [0.4, 0.5) is 13.2 Å². The molecule has 7 heteroatoms. The smallest absolute Gasteiger partial charge is 0.328 e. The number of ketones is 1. The second-order valence-corrected chi connectivity index (χ2v) is 4.44. The van der Waals surface area contributed by atoms with Crippen molar-refractivity contribution in [1.82, 2.24) is 9.55 Å². The molecule has 1 aromatic heterocycles. The third-order valence-corrected chi connectivity index (χ3v) is 2.98. The van der Waals surface area contributed by atoms with Crippen molar-refractivity contribution in [1.29, 1.82) is 0 Å². The topological polar surface area (TPSA) is 34.9 Å². The van der Waals surface area contributed by atoms with Gasteiger partial charge in [-0.2, -0.15) is 13.2 Å². The van der Waals surface area contributed by atoms with E-state index < -0.39 is 18.4 Å². The Labute approximate surface area is 112 Å². The number of aromatic nitrogens is 2. The van der Waals surface area contributed by atoms with Crippen molar-refractivity contribution in [3.05, 3.63) is 29.0 Å². The van der Waals surface area contributed by atoms with Gasteiger partial charge in [-0.3, -0.25) is 4.79 Å². The van der Waals surface area contributed by atoms with Crippen LogP contribution >= 0.6 is 11.6 Å². The Morgan fingerprint density at radius 3 is 2.68 bits per heavy atom. The lowest BCUT2D eigenvalue weighted by molar-refractivity contribution is -0.170. The molecular formula is C12H10ClF3N2O.